The van der Waals surface area contributed by atoms with Gasteiger partial charge in [-0.05, 0) is 48.9 Å². The summed E-state index contributed by atoms with van der Waals surface area (Å²) < 4.78 is 45.6. The molecule has 3 saturated heterocycles. The summed E-state index contributed by atoms with van der Waals surface area (Å²) in [5.41, 5.74) is -1.14. The standard InChI is InChI=1S/C41H44O22/c1-15-28(49)32(53)33(54)39(57-15)58-19-11-22(46)27-24(12-19)59-35(17-5-8-20(44)21(45)10-17)37(31(27)52)62-41-38(29(50)23(47)14-56-41)63-40-34(55)36(30(51)25(13-42)60-40)61-26(48)9-4-16-2-6-18(43)7-3-16/h2-12,15,23,25,28-30,32-34,36,38-47,49-51,53-55H,13-14H2,1H3/b9-4+/t15-,23+,25+,28-,29-,30+,32+,33+,34+,36-,38+,39-,40-,41-/m0/s1. The second kappa shape index (κ2) is 18.6. The van der Waals surface area contributed by atoms with E-state index in [0.29, 0.717) is 5.56 Å². The van der Waals surface area contributed by atoms with Crippen LogP contribution < -0.4 is 14.9 Å². The van der Waals surface area contributed by atoms with Gasteiger partial charge in [0.25, 0.3) is 0 Å². The zero-order valence-electron chi connectivity index (χ0n) is 32.8. The molecule has 340 valence electrons. The molecule has 0 unspecified atom stereocenters. The molecule has 3 aromatic carbocycles. The third-order valence-corrected chi connectivity index (χ3v) is 10.5. The van der Waals surface area contributed by atoms with Gasteiger partial charge in [-0.2, -0.15) is 0 Å². The SMILES string of the molecule is C[C@@H]1O[C@@H](Oc2cc(O)c3c(=O)c(O[C@@H]4OC[C@@H](O)[C@H](O)[C@H]4O[C@@H]4O[C@H](CO)[C@@H](O)[C@H](OC(=O)/C=C/c5ccc(O)cc5)[C@H]4O)c(-c4ccc(O)c(O)c4)oc3c2)[C@H](O)[C@H](O)[C@H]1O. The van der Waals surface area contributed by atoms with Gasteiger partial charge in [-0.1, -0.05) is 12.1 Å². The van der Waals surface area contributed by atoms with Crippen LogP contribution in [0.25, 0.3) is 28.4 Å². The number of hydrogen-bond acceptors (Lipinski definition) is 22. The number of carbonyl (C=O) groups excluding carboxylic acids is 1. The van der Waals surface area contributed by atoms with Crippen molar-refractivity contribution in [2.24, 2.45) is 0 Å². The van der Waals surface area contributed by atoms with Gasteiger partial charge in [0.05, 0.1) is 19.3 Å². The fourth-order valence-electron chi connectivity index (χ4n) is 7.04. The lowest BCUT2D eigenvalue weighted by atomic mass is 9.98. The van der Waals surface area contributed by atoms with Crippen LogP contribution in [0.2, 0.25) is 0 Å². The number of aromatic hydroxyl groups is 4. The van der Waals surface area contributed by atoms with Gasteiger partial charge in [0.1, 0.15) is 77.0 Å². The normalized spacial score (nSPS) is 32.4. The van der Waals surface area contributed by atoms with Crippen LogP contribution in [0.15, 0.2) is 69.9 Å². The lowest BCUT2D eigenvalue weighted by Crippen LogP contribution is -2.64. The lowest BCUT2D eigenvalue weighted by molar-refractivity contribution is -0.349. The number of phenolic OH excluding ortho intramolecular Hbond substituents is 4. The average Bonchev–Trinajstić information content (AvgIpc) is 3.25. The Balaban J connectivity index is 1.20. The number of carbonyl (C=O) groups is 1. The third kappa shape index (κ3) is 9.38. The maximum Gasteiger partial charge on any atom is 0.331 e. The first-order valence-electron chi connectivity index (χ1n) is 19.3. The predicted molar refractivity (Wildman–Crippen MR) is 208 cm³/mol. The predicted octanol–water partition coefficient (Wildman–Crippen LogP) is -1.60. The van der Waals surface area contributed by atoms with E-state index in [1.165, 1.54) is 43.3 Å². The van der Waals surface area contributed by atoms with Crippen molar-refractivity contribution in [3.8, 4) is 45.8 Å². The Morgan fingerprint density at radius 1 is 0.746 bits per heavy atom. The minimum absolute atomic E-state index is 0.0223. The minimum Gasteiger partial charge on any atom is -0.508 e. The Hall–Kier alpha value is -5.60. The first-order chi connectivity index (χ1) is 29.9. The topological polar surface area (TPSA) is 355 Å². The van der Waals surface area contributed by atoms with Gasteiger partial charge < -0.3 is 98.9 Å². The fourth-order valence-corrected chi connectivity index (χ4v) is 7.04. The van der Waals surface area contributed by atoms with Crippen LogP contribution in [0.3, 0.4) is 0 Å². The van der Waals surface area contributed by atoms with E-state index in [2.05, 4.69) is 0 Å². The molecule has 63 heavy (non-hydrogen) atoms. The van der Waals surface area contributed by atoms with E-state index < -0.39 is 145 Å². The molecule has 22 nitrogen and oxygen atoms in total. The van der Waals surface area contributed by atoms with E-state index in [0.717, 1.165) is 30.3 Å². The summed E-state index contributed by atoms with van der Waals surface area (Å²) in [4.78, 5) is 27.2. The van der Waals surface area contributed by atoms with E-state index in [9.17, 15) is 70.9 Å². The fraction of sp³-hybridized carbons (Fsp3) is 0.415. The number of aliphatic hydroxyl groups excluding tert-OH is 8. The third-order valence-electron chi connectivity index (χ3n) is 10.5. The van der Waals surface area contributed by atoms with Gasteiger partial charge in [0, 0.05) is 23.8 Å². The minimum atomic E-state index is -2.05. The second-order valence-corrected chi connectivity index (χ2v) is 14.9. The van der Waals surface area contributed by atoms with Crippen molar-refractivity contribution in [3.63, 3.8) is 0 Å². The van der Waals surface area contributed by atoms with Gasteiger partial charge in [0.2, 0.25) is 23.8 Å². The van der Waals surface area contributed by atoms with E-state index in [4.69, 9.17) is 37.6 Å². The van der Waals surface area contributed by atoms with Gasteiger partial charge in [-0.25, -0.2) is 4.79 Å². The number of aliphatic hydroxyl groups is 8. The summed E-state index contributed by atoms with van der Waals surface area (Å²) in [6.07, 6.45) is -21.8. The number of phenols is 4. The molecule has 3 aliphatic rings. The zero-order chi connectivity index (χ0) is 45.4. The molecule has 4 heterocycles. The first kappa shape index (κ1) is 45.4. The van der Waals surface area contributed by atoms with E-state index in [-0.39, 0.29) is 22.6 Å². The molecule has 22 heteroatoms. The van der Waals surface area contributed by atoms with Crippen molar-refractivity contribution < 1.29 is 104 Å². The van der Waals surface area contributed by atoms with Gasteiger partial charge in [0.15, 0.2) is 35.8 Å². The van der Waals surface area contributed by atoms with Crippen LogP contribution in [0, 0.1) is 0 Å². The zero-order valence-corrected chi connectivity index (χ0v) is 32.8. The van der Waals surface area contributed by atoms with Crippen LogP contribution >= 0.6 is 0 Å². The number of benzene rings is 3. The summed E-state index contributed by atoms with van der Waals surface area (Å²) in [5.74, 6) is -4.63. The summed E-state index contributed by atoms with van der Waals surface area (Å²) >= 11 is 0. The Morgan fingerprint density at radius 2 is 1.48 bits per heavy atom. The van der Waals surface area contributed by atoms with Crippen LogP contribution in [0.5, 0.6) is 34.5 Å². The molecular formula is C41H44O22. The van der Waals surface area contributed by atoms with Crippen LogP contribution in [-0.2, 0) is 28.5 Å². The van der Waals surface area contributed by atoms with Crippen molar-refractivity contribution in [3.05, 3.63) is 76.5 Å². The summed E-state index contributed by atoms with van der Waals surface area (Å²) in [7, 11) is 0. The van der Waals surface area contributed by atoms with Crippen molar-refractivity contribution in [1.29, 1.82) is 0 Å². The molecule has 0 bridgehead atoms. The average molecular weight is 889 g/mol. The van der Waals surface area contributed by atoms with E-state index >= 15 is 0 Å². The highest BCUT2D eigenvalue weighted by Crippen LogP contribution is 2.40. The summed E-state index contributed by atoms with van der Waals surface area (Å²) in [6.45, 7) is -0.118. The molecule has 1 aromatic heterocycles. The molecule has 4 aromatic rings. The second-order valence-electron chi connectivity index (χ2n) is 14.9. The number of rotatable bonds is 11. The molecular weight excluding hydrogens is 844 g/mol. The summed E-state index contributed by atoms with van der Waals surface area (Å²) in [6, 6.07) is 11.0. The van der Waals surface area contributed by atoms with Crippen LogP contribution in [-0.4, -0.2) is 166 Å². The first-order valence-corrected chi connectivity index (χ1v) is 19.3. The maximum absolute atomic E-state index is 14.3. The molecule has 0 saturated carbocycles. The van der Waals surface area contributed by atoms with Crippen molar-refractivity contribution in [1.82, 2.24) is 0 Å². The smallest absolute Gasteiger partial charge is 0.331 e. The molecule has 3 fully saturated rings. The van der Waals surface area contributed by atoms with Crippen LogP contribution in [0.4, 0.5) is 0 Å². The Bertz CT molecular complexity index is 2350. The van der Waals surface area contributed by atoms with Gasteiger partial charge in [-0.3, -0.25) is 4.79 Å². The van der Waals surface area contributed by atoms with E-state index in [1.54, 1.807) is 0 Å². The molecule has 7 rings (SSSR count). The highest BCUT2D eigenvalue weighted by molar-refractivity contribution is 5.89. The Morgan fingerprint density at radius 3 is 2.17 bits per heavy atom. The van der Waals surface area contributed by atoms with Gasteiger partial charge >= 0.3 is 5.97 Å². The monoisotopic (exact) mass is 888 g/mol. The van der Waals surface area contributed by atoms with Gasteiger partial charge in [-0.15, -0.1) is 0 Å². The Labute approximate surface area is 354 Å². The Kier molecular flexibility index (Phi) is 13.4. The van der Waals surface area contributed by atoms with Crippen LogP contribution in [0.1, 0.15) is 12.5 Å². The quantitative estimate of drug-likeness (QED) is 0.0458. The molecule has 0 amide bonds. The molecule has 3 aliphatic heterocycles. The van der Waals surface area contributed by atoms with Crippen molar-refractivity contribution in [2.45, 2.75) is 92.9 Å². The largest absolute Gasteiger partial charge is 0.508 e. The number of fused-ring (bicyclic) bond motifs is 1. The van der Waals surface area contributed by atoms with Crippen molar-refractivity contribution >= 4 is 23.0 Å². The number of hydrogen-bond donors (Lipinski definition) is 12. The molecule has 12 N–H and O–H groups in total. The van der Waals surface area contributed by atoms with E-state index in [1.807, 2.05) is 0 Å². The highest BCUT2D eigenvalue weighted by Gasteiger charge is 2.51. The molecule has 0 spiro atoms. The molecule has 0 aliphatic carbocycles. The number of esters is 1. The number of ether oxygens (including phenoxy) is 7. The maximum atomic E-state index is 14.3. The molecule has 0 radical (unpaired) electrons. The molecule has 14 atom stereocenters. The lowest BCUT2D eigenvalue weighted by Gasteiger charge is -2.44. The highest BCUT2D eigenvalue weighted by atomic mass is 16.8. The summed E-state index contributed by atoms with van der Waals surface area (Å²) in [5, 5.41) is 125. The van der Waals surface area contributed by atoms with Crippen molar-refractivity contribution in [2.75, 3.05) is 13.2 Å².